The zero-order chi connectivity index (χ0) is 14.7. The smallest absolute Gasteiger partial charge is 0.330 e. The van der Waals surface area contributed by atoms with Gasteiger partial charge in [0.25, 0.3) is 0 Å². The Morgan fingerprint density at radius 1 is 1.32 bits per heavy atom. The van der Waals surface area contributed by atoms with Gasteiger partial charge in [0, 0.05) is 10.5 Å². The molecule has 0 radical (unpaired) electrons. The summed E-state index contributed by atoms with van der Waals surface area (Å²) in [6, 6.07) is 0. The van der Waals surface area contributed by atoms with E-state index >= 15 is 0 Å². The van der Waals surface area contributed by atoms with E-state index in [0.29, 0.717) is 6.42 Å². The van der Waals surface area contributed by atoms with Gasteiger partial charge in [0.15, 0.2) is 5.79 Å². The maximum Gasteiger partial charge on any atom is 0.330 e. The number of hydrogen-bond donors (Lipinski definition) is 0. The fraction of sp³-hybridized carbons (Fsp3) is 0.786. The Morgan fingerprint density at radius 2 is 1.89 bits per heavy atom. The number of carbonyl (C=O) groups excluding carboxylic acids is 1. The quantitative estimate of drug-likeness (QED) is 0.324. The van der Waals surface area contributed by atoms with Crippen LogP contribution < -0.4 is 0 Å². The van der Waals surface area contributed by atoms with Gasteiger partial charge in [-0.3, -0.25) is 0 Å². The number of ether oxygens (including phenoxy) is 3. The van der Waals surface area contributed by atoms with Crippen LogP contribution in [-0.4, -0.2) is 34.0 Å². The summed E-state index contributed by atoms with van der Waals surface area (Å²) < 4.78 is 17.6. The maximum absolute atomic E-state index is 11.5. The second-order valence-corrected chi connectivity index (χ2v) is 6.92. The van der Waals surface area contributed by atoms with Gasteiger partial charge in [-0.2, -0.15) is 0 Å². The minimum Gasteiger partial charge on any atom is -0.457 e. The second kappa shape index (κ2) is 6.54. The van der Waals surface area contributed by atoms with Gasteiger partial charge in [0.2, 0.25) is 0 Å². The van der Waals surface area contributed by atoms with E-state index in [1.165, 1.54) is 6.08 Å². The Bertz CT molecular complexity index is 344. The molecule has 19 heavy (non-hydrogen) atoms. The first-order valence-corrected chi connectivity index (χ1v) is 7.96. The summed E-state index contributed by atoms with van der Waals surface area (Å²) in [6.45, 7) is 9.36. The van der Waals surface area contributed by atoms with E-state index in [2.05, 4.69) is 22.6 Å². The zero-order valence-corrected chi connectivity index (χ0v) is 14.4. The molecule has 5 heteroatoms. The first-order valence-electron chi connectivity index (χ1n) is 6.44. The van der Waals surface area contributed by atoms with Crippen molar-refractivity contribution in [2.75, 3.05) is 4.43 Å². The van der Waals surface area contributed by atoms with Gasteiger partial charge in [0.05, 0.1) is 12.2 Å². The Labute approximate surface area is 129 Å². The lowest BCUT2D eigenvalue weighted by molar-refractivity contribution is -0.148. The van der Waals surface area contributed by atoms with Crippen LogP contribution in [0.3, 0.4) is 0 Å². The number of esters is 1. The van der Waals surface area contributed by atoms with Crippen LogP contribution in [0.15, 0.2) is 12.2 Å². The van der Waals surface area contributed by atoms with Crippen LogP contribution in [0.1, 0.15) is 41.0 Å². The first-order chi connectivity index (χ1) is 8.63. The van der Waals surface area contributed by atoms with Crippen molar-refractivity contribution in [1.29, 1.82) is 0 Å². The Balaban J connectivity index is 2.46. The fourth-order valence-electron chi connectivity index (χ4n) is 1.87. The number of rotatable bonds is 4. The molecule has 1 saturated heterocycles. The number of hydrogen-bond acceptors (Lipinski definition) is 4. The average Bonchev–Trinajstić information content (AvgIpc) is 2.50. The van der Waals surface area contributed by atoms with Gasteiger partial charge in [-0.05, 0) is 41.0 Å². The highest BCUT2D eigenvalue weighted by Crippen LogP contribution is 2.31. The molecule has 0 bridgehead atoms. The minimum absolute atomic E-state index is 0.00872. The maximum atomic E-state index is 11.5. The van der Waals surface area contributed by atoms with Crippen molar-refractivity contribution >= 4 is 28.6 Å². The molecule has 1 fully saturated rings. The lowest BCUT2D eigenvalue weighted by Crippen LogP contribution is -2.24. The van der Waals surface area contributed by atoms with Gasteiger partial charge >= 0.3 is 5.97 Å². The largest absolute Gasteiger partial charge is 0.457 e. The topological polar surface area (TPSA) is 44.8 Å². The van der Waals surface area contributed by atoms with Gasteiger partial charge < -0.3 is 14.2 Å². The van der Waals surface area contributed by atoms with Crippen molar-refractivity contribution in [3.8, 4) is 0 Å². The first kappa shape index (κ1) is 16.9. The summed E-state index contributed by atoms with van der Waals surface area (Å²) in [7, 11) is 0. The highest BCUT2D eigenvalue weighted by Gasteiger charge is 2.39. The minimum atomic E-state index is -0.541. The van der Waals surface area contributed by atoms with Crippen molar-refractivity contribution in [2.45, 2.75) is 64.6 Å². The summed E-state index contributed by atoms with van der Waals surface area (Å²) in [5.41, 5.74) is -0.457. The molecule has 4 nitrogen and oxygen atoms in total. The zero-order valence-electron chi connectivity index (χ0n) is 12.2. The molecule has 0 aromatic rings. The van der Waals surface area contributed by atoms with Crippen LogP contribution in [0, 0.1) is 0 Å². The van der Waals surface area contributed by atoms with Crippen LogP contribution in [0.2, 0.25) is 0 Å². The molecule has 0 aromatic carbocycles. The molecule has 0 amide bonds. The van der Waals surface area contributed by atoms with Gasteiger partial charge in [-0.25, -0.2) is 4.79 Å². The highest BCUT2D eigenvalue weighted by molar-refractivity contribution is 14.1. The fourth-order valence-corrected chi connectivity index (χ4v) is 2.62. The van der Waals surface area contributed by atoms with Crippen molar-refractivity contribution < 1.29 is 19.0 Å². The predicted molar refractivity (Wildman–Crippen MR) is 82.3 cm³/mol. The van der Waals surface area contributed by atoms with E-state index in [9.17, 15) is 4.79 Å². The van der Waals surface area contributed by atoms with E-state index < -0.39 is 11.4 Å². The van der Waals surface area contributed by atoms with Crippen LogP contribution >= 0.6 is 22.6 Å². The standard InChI is InChI=1S/C14H23IO4/c1-13(2,3)19-12(16)8-6-7-10-11(9-15)18-14(4,5)17-10/h6,8,10-11H,7,9H2,1-5H3/b8-6-/t10-,11+/m0/s1. The molecular formula is C14H23IO4. The summed E-state index contributed by atoms with van der Waals surface area (Å²) in [5, 5.41) is 0. The molecular weight excluding hydrogens is 359 g/mol. The Kier molecular flexibility index (Phi) is 5.82. The molecule has 1 rings (SSSR count). The van der Waals surface area contributed by atoms with E-state index in [0.717, 1.165) is 4.43 Å². The molecule has 110 valence electrons. The Hall–Kier alpha value is -0.140. The molecule has 0 saturated carbocycles. The van der Waals surface area contributed by atoms with E-state index in [1.807, 2.05) is 34.6 Å². The normalized spacial score (nSPS) is 26.8. The molecule has 0 aromatic heterocycles. The number of alkyl halides is 1. The third-order valence-electron chi connectivity index (χ3n) is 2.47. The summed E-state index contributed by atoms with van der Waals surface area (Å²) >= 11 is 2.28. The number of halogens is 1. The monoisotopic (exact) mass is 382 g/mol. The summed E-state index contributed by atoms with van der Waals surface area (Å²) in [6.07, 6.45) is 3.97. The molecule has 2 atom stereocenters. The van der Waals surface area contributed by atoms with E-state index in [-0.39, 0.29) is 18.2 Å². The third kappa shape index (κ3) is 6.23. The lowest BCUT2D eigenvalue weighted by atomic mass is 10.1. The summed E-state index contributed by atoms with van der Waals surface area (Å²) in [5.74, 6) is -0.864. The SMILES string of the molecule is CC(C)(C)OC(=O)/C=C\C[C@@H]1OC(C)(C)O[C@@H]1CI. The molecule has 0 N–H and O–H groups in total. The van der Waals surface area contributed by atoms with Crippen molar-refractivity contribution in [3.05, 3.63) is 12.2 Å². The van der Waals surface area contributed by atoms with Crippen molar-refractivity contribution in [1.82, 2.24) is 0 Å². The van der Waals surface area contributed by atoms with Gasteiger partial charge in [0.1, 0.15) is 5.60 Å². The van der Waals surface area contributed by atoms with Gasteiger partial charge in [-0.1, -0.05) is 28.7 Å². The van der Waals surface area contributed by atoms with Crippen LogP contribution in [0.4, 0.5) is 0 Å². The molecule has 0 unspecified atom stereocenters. The van der Waals surface area contributed by atoms with Crippen molar-refractivity contribution in [3.63, 3.8) is 0 Å². The predicted octanol–water partition coefficient (Wildman–Crippen LogP) is 3.23. The van der Waals surface area contributed by atoms with E-state index in [4.69, 9.17) is 14.2 Å². The van der Waals surface area contributed by atoms with Crippen LogP contribution in [0.5, 0.6) is 0 Å². The Morgan fingerprint density at radius 3 is 2.42 bits per heavy atom. The molecule has 0 aliphatic carbocycles. The lowest BCUT2D eigenvalue weighted by Gasteiger charge is -2.18. The second-order valence-electron chi connectivity index (χ2n) is 6.04. The van der Waals surface area contributed by atoms with Crippen LogP contribution in [-0.2, 0) is 19.0 Å². The molecule has 1 aliphatic heterocycles. The summed E-state index contributed by atoms with van der Waals surface area (Å²) in [4.78, 5) is 11.5. The average molecular weight is 382 g/mol. The van der Waals surface area contributed by atoms with Gasteiger partial charge in [-0.15, -0.1) is 0 Å². The number of carbonyl (C=O) groups is 1. The molecule has 1 aliphatic rings. The van der Waals surface area contributed by atoms with Crippen LogP contribution in [0.25, 0.3) is 0 Å². The molecule has 0 spiro atoms. The molecule has 1 heterocycles. The van der Waals surface area contributed by atoms with E-state index in [1.54, 1.807) is 6.08 Å². The van der Waals surface area contributed by atoms with Crippen molar-refractivity contribution in [2.24, 2.45) is 0 Å². The third-order valence-corrected chi connectivity index (χ3v) is 3.33. The highest BCUT2D eigenvalue weighted by atomic mass is 127.